The van der Waals surface area contributed by atoms with Crippen LogP contribution in [0.25, 0.3) is 10.9 Å². The van der Waals surface area contributed by atoms with Gasteiger partial charge in [0.1, 0.15) is 5.82 Å². The van der Waals surface area contributed by atoms with Crippen molar-refractivity contribution in [2.24, 2.45) is 0 Å². The molecule has 0 radical (unpaired) electrons. The molecule has 0 amide bonds. The quantitative estimate of drug-likeness (QED) is 0.868. The van der Waals surface area contributed by atoms with Crippen molar-refractivity contribution in [3.05, 3.63) is 35.9 Å². The molecule has 2 aliphatic heterocycles. The number of pyridine rings is 1. The van der Waals surface area contributed by atoms with Crippen molar-refractivity contribution in [2.45, 2.75) is 18.9 Å². The van der Waals surface area contributed by atoms with Gasteiger partial charge in [0.25, 0.3) is 0 Å². The van der Waals surface area contributed by atoms with Crippen molar-refractivity contribution in [3.63, 3.8) is 0 Å². The van der Waals surface area contributed by atoms with Gasteiger partial charge in [-0.3, -0.25) is 4.90 Å². The summed E-state index contributed by atoms with van der Waals surface area (Å²) in [6.07, 6.45) is 2.81. The minimum atomic E-state index is 0.417. The van der Waals surface area contributed by atoms with Crippen molar-refractivity contribution in [1.82, 2.24) is 9.88 Å². The second-order valence-corrected chi connectivity index (χ2v) is 6.58. The van der Waals surface area contributed by atoms with Gasteiger partial charge in [0.05, 0.1) is 23.3 Å². The smallest absolute Gasteiger partial charge is 0.130 e. The fourth-order valence-electron chi connectivity index (χ4n) is 3.65. The monoisotopic (exact) mass is 322 g/mol. The predicted molar refractivity (Wildman–Crippen MR) is 94.1 cm³/mol. The Bertz CT molecular complexity index is 756. The van der Waals surface area contributed by atoms with Gasteiger partial charge in [0.2, 0.25) is 0 Å². The van der Waals surface area contributed by atoms with Crippen molar-refractivity contribution >= 4 is 16.7 Å². The van der Waals surface area contributed by atoms with E-state index >= 15 is 0 Å². The number of ether oxygens (including phenoxy) is 1. The van der Waals surface area contributed by atoms with Crippen LogP contribution in [0.1, 0.15) is 18.4 Å². The number of aromatic nitrogens is 1. The Labute approximate surface area is 142 Å². The summed E-state index contributed by atoms with van der Waals surface area (Å²) in [6, 6.07) is 12.1. The maximum absolute atomic E-state index is 9.44. The number of fused-ring (bicyclic) bond motifs is 1. The van der Waals surface area contributed by atoms with Crippen LogP contribution in [0.2, 0.25) is 0 Å². The molecule has 1 atom stereocenters. The van der Waals surface area contributed by atoms with Gasteiger partial charge in [-0.25, -0.2) is 4.98 Å². The summed E-state index contributed by atoms with van der Waals surface area (Å²) in [5.41, 5.74) is 1.60. The number of nitriles is 1. The lowest BCUT2D eigenvalue weighted by Crippen LogP contribution is -2.48. The van der Waals surface area contributed by atoms with Crippen LogP contribution < -0.4 is 4.90 Å². The van der Waals surface area contributed by atoms with Gasteiger partial charge in [0, 0.05) is 44.7 Å². The van der Waals surface area contributed by atoms with Crippen LogP contribution in [-0.4, -0.2) is 55.3 Å². The van der Waals surface area contributed by atoms with Gasteiger partial charge in [-0.1, -0.05) is 18.2 Å². The Morgan fingerprint density at radius 3 is 2.79 bits per heavy atom. The molecule has 1 aromatic carbocycles. The van der Waals surface area contributed by atoms with Gasteiger partial charge < -0.3 is 9.64 Å². The van der Waals surface area contributed by atoms with Crippen molar-refractivity contribution in [1.29, 1.82) is 5.26 Å². The van der Waals surface area contributed by atoms with Gasteiger partial charge in [-0.2, -0.15) is 5.26 Å². The highest BCUT2D eigenvalue weighted by molar-refractivity contribution is 5.86. The zero-order valence-electron chi connectivity index (χ0n) is 13.8. The van der Waals surface area contributed by atoms with E-state index in [-0.39, 0.29) is 0 Å². The largest absolute Gasteiger partial charge is 0.377 e. The highest BCUT2D eigenvalue weighted by Gasteiger charge is 2.23. The van der Waals surface area contributed by atoms with Crippen LogP contribution in [0.4, 0.5) is 5.82 Å². The Kier molecular flexibility index (Phi) is 4.33. The topological polar surface area (TPSA) is 52.4 Å². The Hall–Kier alpha value is -2.16. The Balaban J connectivity index is 1.47. The summed E-state index contributed by atoms with van der Waals surface area (Å²) in [5.74, 6) is 0.919. The molecule has 5 heteroatoms. The summed E-state index contributed by atoms with van der Waals surface area (Å²) >= 11 is 0. The summed E-state index contributed by atoms with van der Waals surface area (Å²) < 4.78 is 5.74. The zero-order valence-corrected chi connectivity index (χ0v) is 13.8. The molecule has 2 aliphatic rings. The van der Waals surface area contributed by atoms with E-state index < -0.39 is 0 Å². The first-order chi connectivity index (χ1) is 11.8. The fourth-order valence-corrected chi connectivity index (χ4v) is 3.65. The molecule has 2 fully saturated rings. The molecule has 5 nitrogen and oxygen atoms in total. The molecule has 4 rings (SSSR count). The number of para-hydroxylation sites is 1. The van der Waals surface area contributed by atoms with E-state index in [1.165, 1.54) is 12.8 Å². The Morgan fingerprint density at radius 1 is 1.21 bits per heavy atom. The number of hydrogen-bond acceptors (Lipinski definition) is 5. The van der Waals surface area contributed by atoms with Gasteiger partial charge >= 0.3 is 0 Å². The van der Waals surface area contributed by atoms with Crippen LogP contribution in [0.5, 0.6) is 0 Å². The van der Waals surface area contributed by atoms with Crippen LogP contribution in [0.3, 0.4) is 0 Å². The highest BCUT2D eigenvalue weighted by Crippen LogP contribution is 2.23. The number of hydrogen-bond donors (Lipinski definition) is 0. The molecule has 0 spiro atoms. The molecule has 0 N–H and O–H groups in total. The van der Waals surface area contributed by atoms with E-state index in [2.05, 4.69) is 15.9 Å². The zero-order chi connectivity index (χ0) is 16.4. The first-order valence-corrected chi connectivity index (χ1v) is 8.72. The summed E-state index contributed by atoms with van der Waals surface area (Å²) in [4.78, 5) is 9.54. The van der Waals surface area contributed by atoms with Crippen LogP contribution in [-0.2, 0) is 4.74 Å². The third-order valence-corrected chi connectivity index (χ3v) is 5.01. The molecule has 0 aliphatic carbocycles. The molecule has 0 bridgehead atoms. The molecular formula is C19H22N4O. The average Bonchev–Trinajstić information content (AvgIpc) is 3.14. The molecule has 2 saturated heterocycles. The van der Waals surface area contributed by atoms with E-state index in [1.54, 1.807) is 0 Å². The van der Waals surface area contributed by atoms with Crippen LogP contribution in [0.15, 0.2) is 30.3 Å². The molecule has 2 aromatic rings. The number of nitrogens with zero attached hydrogens (tertiary/aromatic N) is 4. The van der Waals surface area contributed by atoms with Gasteiger partial charge in [-0.15, -0.1) is 0 Å². The lowest BCUT2D eigenvalue weighted by Gasteiger charge is -2.36. The molecule has 24 heavy (non-hydrogen) atoms. The SMILES string of the molecule is N#Cc1cc(N2CCN(CC3CCCO3)CC2)nc2ccccc12. The molecule has 3 heterocycles. The second-order valence-electron chi connectivity index (χ2n) is 6.58. The molecule has 124 valence electrons. The normalized spacial score (nSPS) is 22.0. The van der Waals surface area contributed by atoms with Gasteiger partial charge in [0.15, 0.2) is 0 Å². The summed E-state index contributed by atoms with van der Waals surface area (Å²) in [7, 11) is 0. The number of piperazine rings is 1. The lowest BCUT2D eigenvalue weighted by molar-refractivity contribution is 0.0712. The van der Waals surface area contributed by atoms with E-state index in [0.717, 1.165) is 56.1 Å². The van der Waals surface area contributed by atoms with Crippen LogP contribution >= 0.6 is 0 Å². The van der Waals surface area contributed by atoms with E-state index in [0.29, 0.717) is 11.7 Å². The second kappa shape index (κ2) is 6.76. The minimum Gasteiger partial charge on any atom is -0.377 e. The molecule has 1 aromatic heterocycles. The van der Waals surface area contributed by atoms with Crippen molar-refractivity contribution in [3.8, 4) is 6.07 Å². The number of anilines is 1. The lowest BCUT2D eigenvalue weighted by atomic mass is 10.1. The van der Waals surface area contributed by atoms with Crippen LogP contribution in [0, 0.1) is 11.3 Å². The highest BCUT2D eigenvalue weighted by atomic mass is 16.5. The minimum absolute atomic E-state index is 0.417. The van der Waals surface area contributed by atoms with E-state index in [9.17, 15) is 5.26 Å². The van der Waals surface area contributed by atoms with Gasteiger partial charge in [-0.05, 0) is 25.0 Å². The third-order valence-electron chi connectivity index (χ3n) is 5.01. The first-order valence-electron chi connectivity index (χ1n) is 8.72. The maximum Gasteiger partial charge on any atom is 0.130 e. The Morgan fingerprint density at radius 2 is 2.04 bits per heavy atom. The number of rotatable bonds is 3. The standard InChI is InChI=1S/C19H22N4O/c20-13-15-12-19(21-18-6-2-1-5-17(15)18)23-9-7-22(8-10-23)14-16-4-3-11-24-16/h1-2,5-6,12,16H,3-4,7-11,14H2. The van der Waals surface area contributed by atoms with Crippen molar-refractivity contribution < 1.29 is 4.74 Å². The third kappa shape index (κ3) is 3.08. The van der Waals surface area contributed by atoms with Crippen molar-refractivity contribution in [2.75, 3.05) is 44.2 Å². The molecule has 1 unspecified atom stereocenters. The fraction of sp³-hybridized carbons (Fsp3) is 0.474. The molecule has 0 saturated carbocycles. The number of benzene rings is 1. The summed E-state index contributed by atoms with van der Waals surface area (Å²) in [5, 5.41) is 10.4. The maximum atomic E-state index is 9.44. The molecular weight excluding hydrogens is 300 g/mol. The van der Waals surface area contributed by atoms with E-state index in [1.807, 2.05) is 30.3 Å². The predicted octanol–water partition coefficient (Wildman–Crippen LogP) is 2.41. The first kappa shape index (κ1) is 15.4. The average molecular weight is 322 g/mol. The van der Waals surface area contributed by atoms with E-state index in [4.69, 9.17) is 9.72 Å². The summed E-state index contributed by atoms with van der Waals surface area (Å²) in [6.45, 7) is 5.91.